The van der Waals surface area contributed by atoms with Crippen LogP contribution in [0.5, 0.6) is 5.75 Å². The second-order valence-electron chi connectivity index (χ2n) is 4.85. The summed E-state index contributed by atoms with van der Waals surface area (Å²) in [6.07, 6.45) is 4.04. The molecule has 1 aromatic rings. The van der Waals surface area contributed by atoms with Crippen molar-refractivity contribution in [1.82, 2.24) is 5.32 Å². The maximum absolute atomic E-state index is 5.50. The SMILES string of the molecule is CCCC1CC1NCc1cccc(OCC)c1. The maximum Gasteiger partial charge on any atom is 0.119 e. The molecule has 0 aliphatic heterocycles. The van der Waals surface area contributed by atoms with Crippen LogP contribution in [0.1, 0.15) is 38.7 Å². The highest BCUT2D eigenvalue weighted by Crippen LogP contribution is 2.34. The van der Waals surface area contributed by atoms with Gasteiger partial charge in [-0.2, -0.15) is 0 Å². The second-order valence-corrected chi connectivity index (χ2v) is 4.85. The number of ether oxygens (including phenoxy) is 1. The van der Waals surface area contributed by atoms with Gasteiger partial charge in [0.2, 0.25) is 0 Å². The Morgan fingerprint density at radius 2 is 2.24 bits per heavy atom. The van der Waals surface area contributed by atoms with Crippen molar-refractivity contribution in [3.05, 3.63) is 29.8 Å². The van der Waals surface area contributed by atoms with Crippen LogP contribution in [0.15, 0.2) is 24.3 Å². The zero-order valence-corrected chi connectivity index (χ0v) is 10.9. The average molecular weight is 233 g/mol. The van der Waals surface area contributed by atoms with Gasteiger partial charge in [-0.25, -0.2) is 0 Å². The van der Waals surface area contributed by atoms with Crippen LogP contribution in [0.4, 0.5) is 0 Å². The van der Waals surface area contributed by atoms with E-state index in [2.05, 4.69) is 30.4 Å². The highest BCUT2D eigenvalue weighted by Gasteiger charge is 2.35. The average Bonchev–Trinajstić information content (AvgIpc) is 3.07. The highest BCUT2D eigenvalue weighted by molar-refractivity contribution is 5.28. The van der Waals surface area contributed by atoms with E-state index in [9.17, 15) is 0 Å². The van der Waals surface area contributed by atoms with Crippen LogP contribution < -0.4 is 10.1 Å². The van der Waals surface area contributed by atoms with E-state index in [4.69, 9.17) is 4.74 Å². The zero-order chi connectivity index (χ0) is 12.1. The summed E-state index contributed by atoms with van der Waals surface area (Å²) in [6.45, 7) is 5.98. The van der Waals surface area contributed by atoms with Gasteiger partial charge < -0.3 is 10.1 Å². The van der Waals surface area contributed by atoms with Crippen LogP contribution in [-0.2, 0) is 6.54 Å². The lowest BCUT2D eigenvalue weighted by atomic mass is 10.2. The quantitative estimate of drug-likeness (QED) is 0.779. The van der Waals surface area contributed by atoms with Gasteiger partial charge in [0.25, 0.3) is 0 Å². The molecular formula is C15H23NO. The van der Waals surface area contributed by atoms with Gasteiger partial charge in [0.1, 0.15) is 5.75 Å². The van der Waals surface area contributed by atoms with Gasteiger partial charge >= 0.3 is 0 Å². The number of hydrogen-bond acceptors (Lipinski definition) is 2. The first kappa shape index (κ1) is 12.4. The Bertz CT molecular complexity index is 351. The third-order valence-corrected chi connectivity index (χ3v) is 3.36. The van der Waals surface area contributed by atoms with Gasteiger partial charge in [0.15, 0.2) is 0 Å². The van der Waals surface area contributed by atoms with Crippen molar-refractivity contribution in [3.63, 3.8) is 0 Å². The summed E-state index contributed by atoms with van der Waals surface area (Å²) in [4.78, 5) is 0. The molecule has 1 N–H and O–H groups in total. The molecule has 1 aliphatic rings. The van der Waals surface area contributed by atoms with Gasteiger partial charge in [-0.15, -0.1) is 0 Å². The summed E-state index contributed by atoms with van der Waals surface area (Å²) in [6, 6.07) is 9.13. The Morgan fingerprint density at radius 1 is 1.35 bits per heavy atom. The normalized spacial score (nSPS) is 22.5. The first-order chi connectivity index (χ1) is 8.33. The van der Waals surface area contributed by atoms with Crippen LogP contribution in [-0.4, -0.2) is 12.6 Å². The molecular weight excluding hydrogens is 210 g/mol. The van der Waals surface area contributed by atoms with E-state index in [0.717, 1.165) is 30.9 Å². The molecule has 1 saturated carbocycles. The van der Waals surface area contributed by atoms with E-state index >= 15 is 0 Å². The Hall–Kier alpha value is -1.02. The fourth-order valence-corrected chi connectivity index (χ4v) is 2.35. The zero-order valence-electron chi connectivity index (χ0n) is 10.9. The van der Waals surface area contributed by atoms with Crippen molar-refractivity contribution < 1.29 is 4.74 Å². The van der Waals surface area contributed by atoms with Crippen LogP contribution in [0, 0.1) is 5.92 Å². The first-order valence-electron chi connectivity index (χ1n) is 6.78. The van der Waals surface area contributed by atoms with Crippen LogP contribution in [0.2, 0.25) is 0 Å². The predicted molar refractivity (Wildman–Crippen MR) is 71.3 cm³/mol. The Kier molecular flexibility index (Phi) is 4.43. The van der Waals surface area contributed by atoms with Crippen molar-refractivity contribution in [2.75, 3.05) is 6.61 Å². The summed E-state index contributed by atoms with van der Waals surface area (Å²) < 4.78 is 5.50. The molecule has 0 bridgehead atoms. The Labute approximate surface area is 104 Å². The van der Waals surface area contributed by atoms with Gasteiger partial charge in [0, 0.05) is 12.6 Å². The number of benzene rings is 1. The van der Waals surface area contributed by atoms with E-state index in [1.54, 1.807) is 0 Å². The van der Waals surface area contributed by atoms with E-state index < -0.39 is 0 Å². The third kappa shape index (κ3) is 3.74. The van der Waals surface area contributed by atoms with Gasteiger partial charge in [0.05, 0.1) is 6.61 Å². The molecule has 1 aliphatic carbocycles. The summed E-state index contributed by atoms with van der Waals surface area (Å²) >= 11 is 0. The standard InChI is InChI=1S/C15H23NO/c1-3-6-13-10-15(13)16-11-12-7-5-8-14(9-12)17-4-2/h5,7-9,13,15-16H,3-4,6,10-11H2,1-2H3. The highest BCUT2D eigenvalue weighted by atomic mass is 16.5. The number of hydrogen-bond donors (Lipinski definition) is 1. The summed E-state index contributed by atoms with van der Waals surface area (Å²) in [7, 11) is 0. The van der Waals surface area contributed by atoms with Crippen molar-refractivity contribution in [3.8, 4) is 5.75 Å². The first-order valence-corrected chi connectivity index (χ1v) is 6.78. The monoisotopic (exact) mass is 233 g/mol. The molecule has 17 heavy (non-hydrogen) atoms. The van der Waals surface area contributed by atoms with Crippen molar-refractivity contribution in [1.29, 1.82) is 0 Å². The van der Waals surface area contributed by atoms with Crippen molar-refractivity contribution in [2.45, 2.75) is 45.7 Å². The minimum absolute atomic E-state index is 0.734. The molecule has 2 nitrogen and oxygen atoms in total. The second kappa shape index (κ2) is 6.06. The maximum atomic E-state index is 5.50. The third-order valence-electron chi connectivity index (χ3n) is 3.36. The number of rotatable bonds is 7. The number of nitrogens with one attached hydrogen (secondary N) is 1. The largest absolute Gasteiger partial charge is 0.494 e. The van der Waals surface area contributed by atoms with E-state index in [1.807, 2.05) is 13.0 Å². The molecule has 0 amide bonds. The van der Waals surface area contributed by atoms with Crippen LogP contribution in [0.3, 0.4) is 0 Å². The fourth-order valence-electron chi connectivity index (χ4n) is 2.35. The lowest BCUT2D eigenvalue weighted by Gasteiger charge is -2.07. The molecule has 2 heteroatoms. The van der Waals surface area contributed by atoms with Crippen LogP contribution in [0.25, 0.3) is 0 Å². The molecule has 0 saturated heterocycles. The predicted octanol–water partition coefficient (Wildman–Crippen LogP) is 3.36. The summed E-state index contributed by atoms with van der Waals surface area (Å²) in [5.74, 6) is 1.91. The van der Waals surface area contributed by atoms with Gasteiger partial charge in [-0.3, -0.25) is 0 Å². The fraction of sp³-hybridized carbons (Fsp3) is 0.600. The summed E-state index contributed by atoms with van der Waals surface area (Å²) in [5.41, 5.74) is 1.32. The Morgan fingerprint density at radius 3 is 3.00 bits per heavy atom. The van der Waals surface area contributed by atoms with Crippen LogP contribution >= 0.6 is 0 Å². The summed E-state index contributed by atoms with van der Waals surface area (Å²) in [5, 5.41) is 3.62. The molecule has 0 radical (unpaired) electrons. The molecule has 2 rings (SSSR count). The van der Waals surface area contributed by atoms with Gasteiger partial charge in [-0.1, -0.05) is 25.5 Å². The molecule has 0 aromatic heterocycles. The van der Waals surface area contributed by atoms with Crippen molar-refractivity contribution >= 4 is 0 Å². The Balaban J connectivity index is 1.77. The molecule has 0 heterocycles. The van der Waals surface area contributed by atoms with Gasteiger partial charge in [-0.05, 0) is 43.4 Å². The molecule has 1 aromatic carbocycles. The lowest BCUT2D eigenvalue weighted by Crippen LogP contribution is -2.17. The minimum atomic E-state index is 0.734. The van der Waals surface area contributed by atoms with E-state index in [1.165, 1.54) is 24.8 Å². The smallest absolute Gasteiger partial charge is 0.119 e. The molecule has 2 atom stereocenters. The van der Waals surface area contributed by atoms with Crippen molar-refractivity contribution in [2.24, 2.45) is 5.92 Å². The topological polar surface area (TPSA) is 21.3 Å². The molecule has 2 unspecified atom stereocenters. The lowest BCUT2D eigenvalue weighted by molar-refractivity contribution is 0.340. The minimum Gasteiger partial charge on any atom is -0.494 e. The van der Waals surface area contributed by atoms with E-state index in [0.29, 0.717) is 0 Å². The molecule has 94 valence electrons. The molecule has 0 spiro atoms. The molecule has 1 fully saturated rings. The van der Waals surface area contributed by atoms with E-state index in [-0.39, 0.29) is 0 Å².